The minimum atomic E-state index is 1.09. The van der Waals surface area contributed by atoms with Crippen molar-refractivity contribution in [3.8, 4) is 21.8 Å². The van der Waals surface area contributed by atoms with E-state index in [1.54, 1.807) is 22.7 Å². The van der Waals surface area contributed by atoms with E-state index in [0.717, 1.165) is 15.2 Å². The molecule has 4 heteroatoms. The van der Waals surface area contributed by atoms with Crippen molar-refractivity contribution in [3.05, 3.63) is 50.4 Å². The van der Waals surface area contributed by atoms with Crippen LogP contribution in [-0.4, -0.2) is 4.98 Å². The molecule has 0 aliphatic heterocycles. The lowest BCUT2D eigenvalue weighted by molar-refractivity contribution is 1.37. The Kier molecular flexibility index (Phi) is 3.33. The van der Waals surface area contributed by atoms with Gasteiger partial charge in [-0.1, -0.05) is 28.1 Å². The van der Waals surface area contributed by atoms with Gasteiger partial charge in [-0.3, -0.25) is 0 Å². The predicted octanol–water partition coefficient (Wildman–Crippen LogP) is 5.61. The average Bonchev–Trinajstić information content (AvgIpc) is 2.99. The van der Waals surface area contributed by atoms with E-state index in [2.05, 4.69) is 63.9 Å². The molecule has 0 bridgehead atoms. The zero-order valence-corrected chi connectivity index (χ0v) is 12.9. The zero-order valence-electron chi connectivity index (χ0n) is 9.68. The highest BCUT2D eigenvalue weighted by atomic mass is 79.9. The SMILES string of the molecule is Cc1sc(-c2ccsc2)nc1-c1ccc(Br)cc1. The van der Waals surface area contributed by atoms with Crippen molar-refractivity contribution in [2.75, 3.05) is 0 Å². The van der Waals surface area contributed by atoms with Crippen LogP contribution in [0.1, 0.15) is 4.88 Å². The Labute approximate surface area is 122 Å². The van der Waals surface area contributed by atoms with Gasteiger partial charge in [0.15, 0.2) is 0 Å². The third-order valence-electron chi connectivity index (χ3n) is 2.68. The molecule has 3 aromatic rings. The lowest BCUT2D eigenvalue weighted by Crippen LogP contribution is -1.80. The quantitative estimate of drug-likeness (QED) is 0.593. The zero-order chi connectivity index (χ0) is 12.5. The number of nitrogens with zero attached hydrogens (tertiary/aromatic N) is 1. The molecule has 0 fully saturated rings. The summed E-state index contributed by atoms with van der Waals surface area (Å²) in [6.07, 6.45) is 0. The summed E-state index contributed by atoms with van der Waals surface area (Å²) in [6, 6.07) is 10.4. The Morgan fingerprint density at radius 3 is 2.50 bits per heavy atom. The van der Waals surface area contributed by atoms with E-state index in [0.29, 0.717) is 0 Å². The van der Waals surface area contributed by atoms with Gasteiger partial charge >= 0.3 is 0 Å². The summed E-state index contributed by atoms with van der Waals surface area (Å²) < 4.78 is 1.09. The highest BCUT2D eigenvalue weighted by Gasteiger charge is 2.11. The molecule has 0 N–H and O–H groups in total. The van der Waals surface area contributed by atoms with Crippen molar-refractivity contribution in [2.24, 2.45) is 0 Å². The largest absolute Gasteiger partial charge is 0.236 e. The van der Waals surface area contributed by atoms with Crippen LogP contribution in [0.25, 0.3) is 21.8 Å². The number of aryl methyl sites for hydroxylation is 1. The van der Waals surface area contributed by atoms with Crippen molar-refractivity contribution < 1.29 is 0 Å². The molecule has 0 radical (unpaired) electrons. The smallest absolute Gasteiger partial charge is 0.125 e. The van der Waals surface area contributed by atoms with Crippen LogP contribution in [0.5, 0.6) is 0 Å². The first-order valence-electron chi connectivity index (χ1n) is 5.50. The lowest BCUT2D eigenvalue weighted by Gasteiger charge is -1.98. The van der Waals surface area contributed by atoms with Gasteiger partial charge in [-0.05, 0) is 30.5 Å². The molecule has 0 unspecified atom stereocenters. The predicted molar refractivity (Wildman–Crippen MR) is 83.3 cm³/mol. The van der Waals surface area contributed by atoms with Crippen LogP contribution >= 0.6 is 38.6 Å². The molecule has 1 nitrogen and oxygen atoms in total. The van der Waals surface area contributed by atoms with Crippen LogP contribution in [0.4, 0.5) is 0 Å². The summed E-state index contributed by atoms with van der Waals surface area (Å²) >= 11 is 6.92. The van der Waals surface area contributed by atoms with Crippen molar-refractivity contribution in [3.63, 3.8) is 0 Å². The molecule has 3 rings (SSSR count). The highest BCUT2D eigenvalue weighted by molar-refractivity contribution is 9.10. The number of aromatic nitrogens is 1. The van der Waals surface area contributed by atoms with Gasteiger partial charge in [0, 0.05) is 25.9 Å². The Hall–Kier alpha value is -0.970. The summed E-state index contributed by atoms with van der Waals surface area (Å²) in [5.74, 6) is 0. The fourth-order valence-electron chi connectivity index (χ4n) is 1.78. The summed E-state index contributed by atoms with van der Waals surface area (Å²) in [5, 5.41) is 5.33. The van der Waals surface area contributed by atoms with E-state index in [4.69, 9.17) is 4.98 Å². The minimum Gasteiger partial charge on any atom is -0.236 e. The van der Waals surface area contributed by atoms with E-state index in [1.165, 1.54) is 16.0 Å². The summed E-state index contributed by atoms with van der Waals surface area (Å²) in [5.41, 5.74) is 3.48. The number of halogens is 1. The molecule has 0 saturated carbocycles. The number of benzene rings is 1. The molecule has 0 amide bonds. The van der Waals surface area contributed by atoms with Gasteiger partial charge in [0.25, 0.3) is 0 Å². The Morgan fingerprint density at radius 1 is 1.06 bits per heavy atom. The summed E-state index contributed by atoms with van der Waals surface area (Å²) in [7, 11) is 0. The molecule has 0 spiro atoms. The normalized spacial score (nSPS) is 10.8. The first kappa shape index (κ1) is 12.1. The second-order valence-corrected chi connectivity index (χ2v) is 6.84. The maximum absolute atomic E-state index is 4.76. The maximum Gasteiger partial charge on any atom is 0.125 e. The van der Waals surface area contributed by atoms with Crippen molar-refractivity contribution in [2.45, 2.75) is 6.92 Å². The van der Waals surface area contributed by atoms with Crippen LogP contribution < -0.4 is 0 Å². The summed E-state index contributed by atoms with van der Waals surface area (Å²) in [6.45, 7) is 2.13. The van der Waals surface area contributed by atoms with Crippen LogP contribution in [0.15, 0.2) is 45.6 Å². The molecule has 90 valence electrons. The Balaban J connectivity index is 2.06. The van der Waals surface area contributed by atoms with Crippen LogP contribution in [0, 0.1) is 6.92 Å². The second-order valence-electron chi connectivity index (χ2n) is 3.94. The molecular formula is C14H10BrNS2. The minimum absolute atomic E-state index is 1.09. The van der Waals surface area contributed by atoms with Crippen molar-refractivity contribution >= 4 is 38.6 Å². The van der Waals surface area contributed by atoms with Gasteiger partial charge in [-0.15, -0.1) is 11.3 Å². The monoisotopic (exact) mass is 335 g/mol. The molecular weight excluding hydrogens is 326 g/mol. The maximum atomic E-state index is 4.76. The van der Waals surface area contributed by atoms with E-state index in [9.17, 15) is 0 Å². The first-order chi connectivity index (χ1) is 8.74. The standard InChI is InChI=1S/C14H10BrNS2/c1-9-13(10-2-4-12(15)5-3-10)16-14(18-9)11-6-7-17-8-11/h2-8H,1H3. The summed E-state index contributed by atoms with van der Waals surface area (Å²) in [4.78, 5) is 6.02. The molecule has 2 heterocycles. The number of rotatable bonds is 2. The van der Waals surface area contributed by atoms with Gasteiger partial charge in [-0.25, -0.2) is 4.98 Å². The van der Waals surface area contributed by atoms with Crippen LogP contribution in [-0.2, 0) is 0 Å². The first-order valence-corrected chi connectivity index (χ1v) is 8.05. The topological polar surface area (TPSA) is 12.9 Å². The van der Waals surface area contributed by atoms with E-state index < -0.39 is 0 Å². The van der Waals surface area contributed by atoms with Gasteiger partial charge in [0.1, 0.15) is 5.01 Å². The Morgan fingerprint density at radius 2 is 1.83 bits per heavy atom. The van der Waals surface area contributed by atoms with Crippen LogP contribution in [0.2, 0.25) is 0 Å². The van der Waals surface area contributed by atoms with E-state index >= 15 is 0 Å². The number of thiophene rings is 1. The molecule has 2 aromatic heterocycles. The van der Waals surface area contributed by atoms with Crippen LogP contribution in [0.3, 0.4) is 0 Å². The molecule has 0 atom stereocenters. The lowest BCUT2D eigenvalue weighted by atomic mass is 10.1. The number of thiazole rings is 1. The van der Waals surface area contributed by atoms with Crippen molar-refractivity contribution in [1.82, 2.24) is 4.98 Å². The van der Waals surface area contributed by atoms with Gasteiger partial charge < -0.3 is 0 Å². The number of hydrogen-bond acceptors (Lipinski definition) is 3. The van der Waals surface area contributed by atoms with Gasteiger partial charge in [0.2, 0.25) is 0 Å². The van der Waals surface area contributed by atoms with Gasteiger partial charge in [0.05, 0.1) is 5.69 Å². The molecule has 0 saturated heterocycles. The molecule has 0 aliphatic rings. The van der Waals surface area contributed by atoms with Crippen molar-refractivity contribution in [1.29, 1.82) is 0 Å². The molecule has 0 aliphatic carbocycles. The van der Waals surface area contributed by atoms with Gasteiger partial charge in [-0.2, -0.15) is 11.3 Å². The Bertz CT molecular complexity index is 654. The highest BCUT2D eigenvalue weighted by Crippen LogP contribution is 2.34. The average molecular weight is 336 g/mol. The van der Waals surface area contributed by atoms with E-state index in [-0.39, 0.29) is 0 Å². The fourth-order valence-corrected chi connectivity index (χ4v) is 3.69. The fraction of sp³-hybridized carbons (Fsp3) is 0.0714. The third-order valence-corrected chi connectivity index (χ3v) is 4.91. The number of hydrogen-bond donors (Lipinski definition) is 0. The second kappa shape index (κ2) is 4.96. The molecule has 1 aromatic carbocycles. The molecule has 18 heavy (non-hydrogen) atoms. The van der Waals surface area contributed by atoms with E-state index in [1.807, 2.05) is 0 Å². The third kappa shape index (κ3) is 2.28.